The molecule has 1 aromatic heterocycles. The normalized spacial score (nSPS) is 19.0. The molecule has 4 amide bonds. The van der Waals surface area contributed by atoms with E-state index in [1.54, 1.807) is 18.5 Å². The smallest absolute Gasteiger partial charge is 0.325 e. The SMILES string of the molecule is O=C(CCN1C(=O)NC2(CCCC2)C1=O)Nc1ccc2nc[nH]c2c1. The average Bonchev–Trinajstić information content (AvgIpc) is 3.28. The van der Waals surface area contributed by atoms with Crippen LogP contribution in [0.25, 0.3) is 11.0 Å². The Labute approximate surface area is 144 Å². The predicted octanol–water partition coefficient (Wildman–Crippen LogP) is 1.76. The highest BCUT2D eigenvalue weighted by Gasteiger charge is 2.52. The summed E-state index contributed by atoms with van der Waals surface area (Å²) < 4.78 is 0. The Balaban J connectivity index is 1.37. The van der Waals surface area contributed by atoms with E-state index in [2.05, 4.69) is 20.6 Å². The minimum atomic E-state index is -0.723. The van der Waals surface area contributed by atoms with Crippen molar-refractivity contribution in [3.05, 3.63) is 24.5 Å². The van der Waals surface area contributed by atoms with Gasteiger partial charge in [-0.15, -0.1) is 0 Å². The summed E-state index contributed by atoms with van der Waals surface area (Å²) in [6.07, 6.45) is 4.91. The van der Waals surface area contributed by atoms with Crippen LogP contribution in [0.15, 0.2) is 24.5 Å². The van der Waals surface area contributed by atoms with Gasteiger partial charge in [-0.05, 0) is 31.0 Å². The third kappa shape index (κ3) is 2.73. The number of anilines is 1. The molecule has 0 atom stereocenters. The van der Waals surface area contributed by atoms with Crippen molar-refractivity contribution in [2.24, 2.45) is 0 Å². The fourth-order valence-corrected chi connectivity index (χ4v) is 3.65. The van der Waals surface area contributed by atoms with Gasteiger partial charge in [0.15, 0.2) is 0 Å². The van der Waals surface area contributed by atoms with Crippen molar-refractivity contribution in [1.29, 1.82) is 0 Å². The summed E-state index contributed by atoms with van der Waals surface area (Å²) in [6, 6.07) is 4.98. The fourth-order valence-electron chi connectivity index (χ4n) is 3.65. The number of carbonyl (C=O) groups excluding carboxylic acids is 3. The van der Waals surface area contributed by atoms with Crippen LogP contribution in [-0.2, 0) is 9.59 Å². The summed E-state index contributed by atoms with van der Waals surface area (Å²) in [4.78, 5) is 45.0. The van der Waals surface area contributed by atoms with E-state index in [0.717, 1.165) is 23.9 Å². The van der Waals surface area contributed by atoms with Gasteiger partial charge in [0, 0.05) is 18.7 Å². The first-order chi connectivity index (χ1) is 12.1. The minimum absolute atomic E-state index is 0.0657. The second-order valence-corrected chi connectivity index (χ2v) is 6.61. The number of urea groups is 1. The Kier molecular flexibility index (Phi) is 3.67. The summed E-state index contributed by atoms with van der Waals surface area (Å²) in [7, 11) is 0. The van der Waals surface area contributed by atoms with Gasteiger partial charge < -0.3 is 15.6 Å². The molecule has 2 fully saturated rings. The summed E-state index contributed by atoms with van der Waals surface area (Å²) in [5.74, 6) is -0.437. The second-order valence-electron chi connectivity index (χ2n) is 6.61. The minimum Gasteiger partial charge on any atom is -0.345 e. The highest BCUT2D eigenvalue weighted by Crippen LogP contribution is 2.35. The van der Waals surface area contributed by atoms with Gasteiger partial charge in [0.25, 0.3) is 5.91 Å². The summed E-state index contributed by atoms with van der Waals surface area (Å²) in [5.41, 5.74) is 1.57. The number of benzene rings is 1. The predicted molar refractivity (Wildman–Crippen MR) is 90.8 cm³/mol. The molecular formula is C17H19N5O3. The van der Waals surface area contributed by atoms with E-state index in [1.807, 2.05) is 6.07 Å². The largest absolute Gasteiger partial charge is 0.345 e. The van der Waals surface area contributed by atoms with Crippen molar-refractivity contribution in [3.8, 4) is 0 Å². The molecule has 1 aromatic carbocycles. The highest BCUT2D eigenvalue weighted by atomic mass is 16.2. The van der Waals surface area contributed by atoms with Gasteiger partial charge >= 0.3 is 6.03 Å². The number of nitrogens with zero attached hydrogens (tertiary/aromatic N) is 2. The third-order valence-corrected chi connectivity index (χ3v) is 4.97. The van der Waals surface area contributed by atoms with E-state index >= 15 is 0 Å². The fraction of sp³-hybridized carbons (Fsp3) is 0.412. The van der Waals surface area contributed by atoms with Crippen molar-refractivity contribution in [2.75, 3.05) is 11.9 Å². The number of aromatic nitrogens is 2. The Morgan fingerprint density at radius 2 is 2.08 bits per heavy atom. The van der Waals surface area contributed by atoms with Gasteiger partial charge in [0.1, 0.15) is 5.54 Å². The van der Waals surface area contributed by atoms with Crippen LogP contribution in [0, 0.1) is 0 Å². The number of H-pyrrole nitrogens is 1. The van der Waals surface area contributed by atoms with Crippen molar-refractivity contribution in [3.63, 3.8) is 0 Å². The quantitative estimate of drug-likeness (QED) is 0.736. The maximum Gasteiger partial charge on any atom is 0.325 e. The molecule has 8 heteroatoms. The molecule has 25 heavy (non-hydrogen) atoms. The molecule has 1 aliphatic heterocycles. The molecule has 4 rings (SSSR count). The molecule has 0 radical (unpaired) electrons. The molecule has 1 saturated heterocycles. The Morgan fingerprint density at radius 3 is 2.88 bits per heavy atom. The molecule has 2 heterocycles. The number of imide groups is 1. The first-order valence-electron chi connectivity index (χ1n) is 8.44. The lowest BCUT2D eigenvalue weighted by molar-refractivity contribution is -0.131. The Hall–Kier alpha value is -2.90. The van der Waals surface area contributed by atoms with Crippen LogP contribution >= 0.6 is 0 Å². The van der Waals surface area contributed by atoms with Crippen LogP contribution in [-0.4, -0.2) is 44.8 Å². The third-order valence-electron chi connectivity index (χ3n) is 4.97. The Morgan fingerprint density at radius 1 is 1.28 bits per heavy atom. The molecule has 1 spiro atoms. The molecule has 130 valence electrons. The van der Waals surface area contributed by atoms with E-state index in [1.165, 1.54) is 4.90 Å². The number of hydrogen-bond acceptors (Lipinski definition) is 4. The zero-order valence-corrected chi connectivity index (χ0v) is 13.7. The number of carbonyl (C=O) groups is 3. The number of nitrogens with one attached hydrogen (secondary N) is 3. The van der Waals surface area contributed by atoms with Crippen LogP contribution in [0.3, 0.4) is 0 Å². The van der Waals surface area contributed by atoms with Gasteiger partial charge in [-0.25, -0.2) is 9.78 Å². The van der Waals surface area contributed by atoms with Crippen LogP contribution in [0.1, 0.15) is 32.1 Å². The maximum absolute atomic E-state index is 12.5. The monoisotopic (exact) mass is 341 g/mol. The number of fused-ring (bicyclic) bond motifs is 1. The molecular weight excluding hydrogens is 322 g/mol. The van der Waals surface area contributed by atoms with E-state index in [9.17, 15) is 14.4 Å². The zero-order valence-electron chi connectivity index (χ0n) is 13.7. The van der Waals surface area contributed by atoms with E-state index < -0.39 is 11.6 Å². The Bertz CT molecular complexity index is 853. The second kappa shape index (κ2) is 5.87. The topological polar surface area (TPSA) is 107 Å². The lowest BCUT2D eigenvalue weighted by Crippen LogP contribution is -2.44. The molecule has 3 N–H and O–H groups in total. The van der Waals surface area contributed by atoms with E-state index in [0.29, 0.717) is 18.5 Å². The van der Waals surface area contributed by atoms with Gasteiger partial charge in [0.2, 0.25) is 5.91 Å². The van der Waals surface area contributed by atoms with Crippen LogP contribution in [0.5, 0.6) is 0 Å². The number of aromatic amines is 1. The summed E-state index contributed by atoms with van der Waals surface area (Å²) >= 11 is 0. The van der Waals surface area contributed by atoms with Gasteiger partial charge in [-0.3, -0.25) is 14.5 Å². The van der Waals surface area contributed by atoms with Crippen molar-refractivity contribution < 1.29 is 14.4 Å². The van der Waals surface area contributed by atoms with Crippen LogP contribution in [0.4, 0.5) is 10.5 Å². The molecule has 2 aromatic rings. The highest BCUT2D eigenvalue weighted by molar-refractivity contribution is 6.07. The molecule has 1 saturated carbocycles. The molecule has 8 nitrogen and oxygen atoms in total. The first-order valence-corrected chi connectivity index (χ1v) is 8.44. The lowest BCUT2D eigenvalue weighted by Gasteiger charge is -2.19. The van der Waals surface area contributed by atoms with Crippen LogP contribution < -0.4 is 10.6 Å². The van der Waals surface area contributed by atoms with Crippen molar-refractivity contribution in [1.82, 2.24) is 20.2 Å². The molecule has 1 aliphatic carbocycles. The van der Waals surface area contributed by atoms with Gasteiger partial charge in [-0.2, -0.15) is 0 Å². The molecule has 2 aliphatic rings. The average molecular weight is 341 g/mol. The summed E-state index contributed by atoms with van der Waals surface area (Å²) in [5, 5.41) is 5.60. The van der Waals surface area contributed by atoms with Gasteiger partial charge in [-0.1, -0.05) is 12.8 Å². The van der Waals surface area contributed by atoms with Gasteiger partial charge in [0.05, 0.1) is 17.4 Å². The summed E-state index contributed by atoms with van der Waals surface area (Å²) in [6.45, 7) is 0.0878. The number of rotatable bonds is 4. The molecule has 0 bridgehead atoms. The number of imidazole rings is 1. The standard InChI is InChI=1S/C17H19N5O3/c23-14(20-11-3-4-12-13(9-11)19-10-18-12)5-8-22-15(24)17(21-16(22)25)6-1-2-7-17/h3-4,9-10H,1-2,5-8H2,(H,18,19)(H,20,23)(H,21,25). The number of amides is 4. The molecule has 0 unspecified atom stereocenters. The maximum atomic E-state index is 12.5. The van der Waals surface area contributed by atoms with Crippen molar-refractivity contribution >= 4 is 34.6 Å². The van der Waals surface area contributed by atoms with E-state index in [-0.39, 0.29) is 24.8 Å². The lowest BCUT2D eigenvalue weighted by atomic mass is 9.98. The number of hydrogen-bond donors (Lipinski definition) is 3. The van der Waals surface area contributed by atoms with E-state index in [4.69, 9.17) is 0 Å². The van der Waals surface area contributed by atoms with Crippen LogP contribution in [0.2, 0.25) is 0 Å². The zero-order chi connectivity index (χ0) is 17.4. The van der Waals surface area contributed by atoms with Crippen molar-refractivity contribution in [2.45, 2.75) is 37.6 Å². The first kappa shape index (κ1) is 15.6.